The van der Waals surface area contributed by atoms with Crippen LogP contribution in [-0.4, -0.2) is 61.7 Å². The first-order valence-electron chi connectivity index (χ1n) is 13.2. The van der Waals surface area contributed by atoms with Gasteiger partial charge in [-0.25, -0.2) is 13.4 Å². The molecule has 0 atom stereocenters. The fourth-order valence-electron chi connectivity index (χ4n) is 4.43. The van der Waals surface area contributed by atoms with Gasteiger partial charge in [0.2, 0.25) is 10.0 Å². The molecule has 0 spiro atoms. The number of nitrogens with zero attached hydrogens (tertiary/aromatic N) is 4. The van der Waals surface area contributed by atoms with Crippen LogP contribution in [0.5, 0.6) is 0 Å². The van der Waals surface area contributed by atoms with E-state index in [9.17, 15) is 13.2 Å². The number of sulfonamides is 1. The van der Waals surface area contributed by atoms with Crippen LogP contribution in [0, 0.1) is 13.8 Å². The maximum absolute atomic E-state index is 13.8. The molecule has 0 aliphatic carbocycles. The van der Waals surface area contributed by atoms with E-state index in [4.69, 9.17) is 4.98 Å². The Balaban J connectivity index is 1.61. The van der Waals surface area contributed by atoms with E-state index in [0.29, 0.717) is 23.8 Å². The summed E-state index contributed by atoms with van der Waals surface area (Å²) in [5.41, 5.74) is 4.51. The Hall–Kier alpha value is -3.11. The molecule has 0 saturated carbocycles. The second-order valence-corrected chi connectivity index (χ2v) is 12.7. The number of hydrogen-bond acceptors (Lipinski definition) is 6. The van der Waals surface area contributed by atoms with Crippen LogP contribution >= 0.6 is 11.3 Å². The number of aromatic nitrogens is 1. The number of amides is 1. The van der Waals surface area contributed by atoms with E-state index < -0.39 is 10.0 Å². The first-order valence-corrected chi connectivity index (χ1v) is 15.4. The first kappa shape index (κ1) is 28.9. The number of carbonyl (C=O) groups excluding carboxylic acids is 1. The molecule has 3 aromatic carbocycles. The Morgan fingerprint density at radius 3 is 2.21 bits per heavy atom. The summed E-state index contributed by atoms with van der Waals surface area (Å²) in [5.74, 6) is -0.197. The first-order chi connectivity index (χ1) is 18.6. The van der Waals surface area contributed by atoms with Gasteiger partial charge in [-0.1, -0.05) is 61.6 Å². The third kappa shape index (κ3) is 6.38. The summed E-state index contributed by atoms with van der Waals surface area (Å²) in [6.07, 6.45) is 0. The van der Waals surface area contributed by atoms with E-state index in [1.54, 1.807) is 24.1 Å². The van der Waals surface area contributed by atoms with Gasteiger partial charge in [0.1, 0.15) is 0 Å². The molecule has 7 nitrogen and oxygen atoms in total. The zero-order valence-corrected chi connectivity index (χ0v) is 24.8. The molecule has 0 aliphatic heterocycles. The Labute approximate surface area is 235 Å². The van der Waals surface area contributed by atoms with Crippen molar-refractivity contribution in [3.63, 3.8) is 0 Å². The predicted molar refractivity (Wildman–Crippen MR) is 160 cm³/mol. The van der Waals surface area contributed by atoms with Gasteiger partial charge in [0.15, 0.2) is 5.13 Å². The maximum atomic E-state index is 13.8. The summed E-state index contributed by atoms with van der Waals surface area (Å²) < 4.78 is 28.7. The molecule has 1 aromatic heterocycles. The lowest BCUT2D eigenvalue weighted by molar-refractivity contribution is 0.0983. The molecule has 39 heavy (non-hydrogen) atoms. The lowest BCUT2D eigenvalue weighted by atomic mass is 10.1. The third-order valence-electron chi connectivity index (χ3n) is 7.14. The highest BCUT2D eigenvalue weighted by molar-refractivity contribution is 7.89. The second-order valence-electron chi connectivity index (χ2n) is 9.61. The van der Waals surface area contributed by atoms with Gasteiger partial charge in [0.05, 0.1) is 15.1 Å². The quantitative estimate of drug-likeness (QED) is 0.233. The number of aryl methyl sites for hydroxylation is 2. The molecule has 0 unspecified atom stereocenters. The highest BCUT2D eigenvalue weighted by Crippen LogP contribution is 2.33. The van der Waals surface area contributed by atoms with Gasteiger partial charge in [-0.15, -0.1) is 0 Å². The van der Waals surface area contributed by atoms with E-state index in [2.05, 4.69) is 44.7 Å². The van der Waals surface area contributed by atoms with Crippen molar-refractivity contribution in [3.8, 4) is 0 Å². The molecule has 0 bridgehead atoms. The van der Waals surface area contributed by atoms with E-state index >= 15 is 0 Å². The number of carbonyl (C=O) groups is 1. The maximum Gasteiger partial charge on any atom is 0.260 e. The second kappa shape index (κ2) is 12.4. The van der Waals surface area contributed by atoms with Crippen LogP contribution in [0.2, 0.25) is 0 Å². The smallest absolute Gasteiger partial charge is 0.260 e. The summed E-state index contributed by atoms with van der Waals surface area (Å²) >= 11 is 1.50. The molecule has 0 radical (unpaired) electrons. The molecule has 0 N–H and O–H groups in total. The Morgan fingerprint density at radius 2 is 1.56 bits per heavy atom. The molecule has 9 heteroatoms. The molecule has 1 heterocycles. The molecular formula is C30H36N4O3S2. The minimum Gasteiger partial charge on any atom is -0.302 e. The number of anilines is 1. The molecule has 0 aliphatic rings. The molecule has 0 saturated heterocycles. The van der Waals surface area contributed by atoms with Crippen molar-refractivity contribution in [2.75, 3.05) is 38.1 Å². The van der Waals surface area contributed by atoms with Crippen molar-refractivity contribution < 1.29 is 13.2 Å². The van der Waals surface area contributed by atoms with Crippen LogP contribution < -0.4 is 4.90 Å². The molecule has 4 aromatic rings. The van der Waals surface area contributed by atoms with Crippen LogP contribution in [0.1, 0.15) is 40.9 Å². The average molecular weight is 565 g/mol. The van der Waals surface area contributed by atoms with Gasteiger partial charge >= 0.3 is 0 Å². The van der Waals surface area contributed by atoms with Crippen LogP contribution in [0.25, 0.3) is 10.2 Å². The van der Waals surface area contributed by atoms with E-state index in [1.807, 2.05) is 30.3 Å². The number of hydrogen-bond donors (Lipinski definition) is 0. The number of thiazole rings is 1. The fourth-order valence-corrected chi connectivity index (χ4v) is 6.63. The van der Waals surface area contributed by atoms with Gasteiger partial charge in [0, 0.05) is 32.2 Å². The van der Waals surface area contributed by atoms with Gasteiger partial charge < -0.3 is 4.90 Å². The molecule has 206 valence electrons. The van der Waals surface area contributed by atoms with Crippen molar-refractivity contribution in [2.45, 2.75) is 39.1 Å². The predicted octanol–water partition coefficient (Wildman–Crippen LogP) is 5.72. The molecule has 4 rings (SSSR count). The molecule has 0 fully saturated rings. The van der Waals surface area contributed by atoms with Gasteiger partial charge in [-0.05, 0) is 74.0 Å². The Morgan fingerprint density at radius 1 is 0.897 bits per heavy atom. The summed E-state index contributed by atoms with van der Waals surface area (Å²) in [6, 6.07) is 19.8. The van der Waals surface area contributed by atoms with Crippen molar-refractivity contribution in [3.05, 3.63) is 89.0 Å². The van der Waals surface area contributed by atoms with Crippen LogP contribution in [0.3, 0.4) is 0 Å². The Kier molecular flexibility index (Phi) is 9.17. The lowest BCUT2D eigenvalue weighted by Crippen LogP contribution is -2.38. The summed E-state index contributed by atoms with van der Waals surface area (Å²) in [7, 11) is -2.15. The fraction of sp³-hybridized carbons (Fsp3) is 0.333. The minimum absolute atomic E-state index is 0.151. The van der Waals surface area contributed by atoms with E-state index in [-0.39, 0.29) is 17.3 Å². The van der Waals surface area contributed by atoms with Gasteiger partial charge in [0.25, 0.3) is 5.91 Å². The minimum atomic E-state index is -3.72. The average Bonchev–Trinajstić information content (AvgIpc) is 3.38. The lowest BCUT2D eigenvalue weighted by Gasteiger charge is -2.25. The standard InChI is InChI=1S/C30H36N4O3S2/c1-6-33(7-2)19-20-34(30-31-28-23(4)22(3)13-18-27(28)38-30)29(35)25-14-16-26(17-15-25)39(36,37)32(5)21-24-11-9-8-10-12-24/h8-18H,6-7,19-21H2,1-5H3. The van der Waals surface area contributed by atoms with Crippen molar-refractivity contribution >= 4 is 42.6 Å². The third-order valence-corrected chi connectivity index (χ3v) is 10.0. The SMILES string of the molecule is CCN(CC)CCN(C(=O)c1ccc(S(=O)(=O)N(C)Cc2ccccc2)cc1)c1nc2c(C)c(C)ccc2s1. The molecular weight excluding hydrogens is 528 g/mol. The number of fused-ring (bicyclic) bond motifs is 1. The summed E-state index contributed by atoms with van der Waals surface area (Å²) in [4.78, 5) is 22.8. The number of likely N-dealkylation sites (N-methyl/N-ethyl adjacent to an activating group) is 1. The number of rotatable bonds is 11. The van der Waals surface area contributed by atoms with Gasteiger partial charge in [-0.2, -0.15) is 4.31 Å². The van der Waals surface area contributed by atoms with Crippen LogP contribution in [-0.2, 0) is 16.6 Å². The normalized spacial score (nSPS) is 12.0. The zero-order valence-electron chi connectivity index (χ0n) is 23.2. The topological polar surface area (TPSA) is 73.8 Å². The van der Waals surface area contributed by atoms with Crippen LogP contribution in [0.15, 0.2) is 71.6 Å². The summed E-state index contributed by atoms with van der Waals surface area (Å²) in [6.45, 7) is 11.6. The van der Waals surface area contributed by atoms with Crippen molar-refractivity contribution in [1.82, 2.24) is 14.2 Å². The largest absolute Gasteiger partial charge is 0.302 e. The van der Waals surface area contributed by atoms with E-state index in [0.717, 1.165) is 40.0 Å². The zero-order chi connectivity index (χ0) is 28.2. The molecule has 1 amide bonds. The van der Waals surface area contributed by atoms with E-state index in [1.165, 1.54) is 27.8 Å². The van der Waals surface area contributed by atoms with Crippen molar-refractivity contribution in [1.29, 1.82) is 0 Å². The van der Waals surface area contributed by atoms with Gasteiger partial charge in [-0.3, -0.25) is 9.69 Å². The Bertz CT molecular complexity index is 1530. The number of benzene rings is 3. The van der Waals surface area contributed by atoms with Crippen molar-refractivity contribution in [2.24, 2.45) is 0 Å². The highest BCUT2D eigenvalue weighted by Gasteiger charge is 2.25. The summed E-state index contributed by atoms with van der Waals surface area (Å²) in [5, 5.41) is 0.648. The van der Waals surface area contributed by atoms with Crippen LogP contribution in [0.4, 0.5) is 5.13 Å². The highest BCUT2D eigenvalue weighted by atomic mass is 32.2. The monoisotopic (exact) mass is 564 g/mol.